The van der Waals surface area contributed by atoms with Crippen molar-refractivity contribution in [2.45, 2.75) is 11.8 Å². The molecule has 0 saturated carbocycles. The van der Waals surface area contributed by atoms with Crippen molar-refractivity contribution in [3.63, 3.8) is 0 Å². The normalized spacial score (nSPS) is 11.8. The summed E-state index contributed by atoms with van der Waals surface area (Å²) in [5.41, 5.74) is 4.75. The maximum absolute atomic E-state index is 12.5. The smallest absolute Gasteiger partial charge is 0.294 e. The van der Waals surface area contributed by atoms with Gasteiger partial charge in [-0.15, -0.1) is 0 Å². The summed E-state index contributed by atoms with van der Waals surface area (Å²) in [5, 5.41) is 7.00. The van der Waals surface area contributed by atoms with Gasteiger partial charge < -0.3 is 0 Å². The van der Waals surface area contributed by atoms with Crippen molar-refractivity contribution in [1.82, 2.24) is 9.78 Å². The third kappa shape index (κ3) is 3.73. The number of H-pyrrole nitrogens is 1. The molecule has 0 fully saturated rings. The highest BCUT2D eigenvalue weighted by molar-refractivity contribution is 7.85. The molecular weight excluding hydrogens is 356 g/mol. The monoisotopic (exact) mass is 372 g/mol. The molecule has 0 radical (unpaired) electrons. The lowest BCUT2D eigenvalue weighted by Gasteiger charge is -2.01. The minimum atomic E-state index is -4.23. The van der Waals surface area contributed by atoms with Gasteiger partial charge >= 0.3 is 0 Å². The van der Waals surface area contributed by atoms with E-state index < -0.39 is 10.1 Å². The molecule has 0 spiro atoms. The Morgan fingerprint density at radius 2 is 1.77 bits per heavy atom. The van der Waals surface area contributed by atoms with Gasteiger partial charge in [-0.2, -0.15) is 13.5 Å². The van der Waals surface area contributed by atoms with Crippen molar-refractivity contribution < 1.29 is 13.0 Å². The van der Waals surface area contributed by atoms with E-state index in [1.54, 1.807) is 6.92 Å². The zero-order valence-corrected chi connectivity index (χ0v) is 14.6. The maximum Gasteiger partial charge on any atom is 0.294 e. The molecule has 0 aliphatic heterocycles. The van der Waals surface area contributed by atoms with Gasteiger partial charge in [0.15, 0.2) is 0 Å². The van der Waals surface area contributed by atoms with Crippen molar-refractivity contribution in [2.75, 3.05) is 5.43 Å². The topological polar surface area (TPSA) is 117 Å². The molecule has 3 aromatic rings. The van der Waals surface area contributed by atoms with Crippen LogP contribution in [-0.2, 0) is 10.1 Å². The van der Waals surface area contributed by atoms with Crippen LogP contribution in [0.3, 0.4) is 0 Å². The standard InChI is InChI=1S/C17H16N4O4S/c1-12-16(17(22)21(20-12)14-5-3-2-4-6-14)11-18-19-13-7-9-15(10-8-13)26(23,24)25/h2-11,19-20H,1H3,(H,23,24,25). The maximum atomic E-state index is 12.5. The average molecular weight is 372 g/mol. The highest BCUT2D eigenvalue weighted by atomic mass is 32.2. The Morgan fingerprint density at radius 3 is 2.38 bits per heavy atom. The second-order valence-corrected chi connectivity index (χ2v) is 6.92. The number of hydrazone groups is 1. The van der Waals surface area contributed by atoms with Crippen LogP contribution in [-0.4, -0.2) is 29.0 Å². The van der Waals surface area contributed by atoms with Crippen molar-refractivity contribution >= 4 is 22.0 Å². The molecule has 134 valence electrons. The van der Waals surface area contributed by atoms with E-state index in [-0.39, 0.29) is 10.5 Å². The predicted octanol–water partition coefficient (Wildman–Crippen LogP) is 2.17. The molecule has 0 amide bonds. The van der Waals surface area contributed by atoms with E-state index in [2.05, 4.69) is 15.6 Å². The summed E-state index contributed by atoms with van der Waals surface area (Å²) in [6.45, 7) is 1.77. The summed E-state index contributed by atoms with van der Waals surface area (Å²) in [5.74, 6) is 0. The lowest BCUT2D eigenvalue weighted by Crippen LogP contribution is -2.17. The highest BCUT2D eigenvalue weighted by Gasteiger charge is 2.10. The van der Waals surface area contributed by atoms with Crippen molar-refractivity contribution in [2.24, 2.45) is 5.10 Å². The van der Waals surface area contributed by atoms with E-state index in [0.29, 0.717) is 22.6 Å². The number of aromatic amines is 1. The van der Waals surface area contributed by atoms with Gasteiger partial charge in [0.05, 0.1) is 28.0 Å². The fraction of sp³-hybridized carbons (Fsp3) is 0.0588. The first kappa shape index (κ1) is 17.6. The lowest BCUT2D eigenvalue weighted by atomic mass is 10.3. The molecule has 0 bridgehead atoms. The summed E-state index contributed by atoms with van der Waals surface area (Å²) in [4.78, 5) is 12.3. The zero-order chi connectivity index (χ0) is 18.7. The van der Waals surface area contributed by atoms with E-state index in [0.717, 1.165) is 0 Å². The van der Waals surface area contributed by atoms with E-state index in [4.69, 9.17) is 4.55 Å². The molecule has 3 rings (SSSR count). The van der Waals surface area contributed by atoms with Gasteiger partial charge in [-0.05, 0) is 43.3 Å². The van der Waals surface area contributed by atoms with Crippen LogP contribution < -0.4 is 11.0 Å². The van der Waals surface area contributed by atoms with E-state index in [1.165, 1.54) is 35.2 Å². The van der Waals surface area contributed by atoms with Gasteiger partial charge in [-0.25, -0.2) is 4.68 Å². The Morgan fingerprint density at radius 1 is 1.12 bits per heavy atom. The second kappa shape index (κ2) is 6.98. The van der Waals surface area contributed by atoms with Crippen LogP contribution in [0.15, 0.2) is 69.4 Å². The Balaban J connectivity index is 1.79. The Hall–Kier alpha value is -3.17. The molecule has 0 saturated heterocycles. The molecule has 1 aromatic heterocycles. The summed E-state index contributed by atoms with van der Waals surface area (Å²) in [6, 6.07) is 14.6. The van der Waals surface area contributed by atoms with Crippen LogP contribution in [0.4, 0.5) is 5.69 Å². The van der Waals surface area contributed by atoms with Crippen LogP contribution >= 0.6 is 0 Å². The summed E-state index contributed by atoms with van der Waals surface area (Å²) in [7, 11) is -4.23. The summed E-state index contributed by atoms with van der Waals surface area (Å²) in [6.07, 6.45) is 1.39. The number of anilines is 1. The number of aromatic nitrogens is 2. The third-order valence-corrected chi connectivity index (χ3v) is 4.54. The van der Waals surface area contributed by atoms with Crippen LogP contribution in [0.5, 0.6) is 0 Å². The molecule has 1 heterocycles. The molecule has 0 atom stereocenters. The Kier molecular flexibility index (Phi) is 4.74. The molecule has 0 aliphatic rings. The van der Waals surface area contributed by atoms with Gasteiger partial charge in [-0.3, -0.25) is 19.9 Å². The van der Waals surface area contributed by atoms with Gasteiger partial charge in [0.2, 0.25) is 0 Å². The number of nitrogens with one attached hydrogen (secondary N) is 2. The molecule has 8 nitrogen and oxygen atoms in total. The largest absolute Gasteiger partial charge is 0.295 e. The minimum Gasteiger partial charge on any atom is -0.295 e. The van der Waals surface area contributed by atoms with Crippen LogP contribution in [0.2, 0.25) is 0 Å². The average Bonchev–Trinajstić information content (AvgIpc) is 2.90. The molecule has 0 aliphatic carbocycles. The fourth-order valence-electron chi connectivity index (χ4n) is 2.34. The van der Waals surface area contributed by atoms with Gasteiger partial charge in [0, 0.05) is 5.69 Å². The number of aryl methyl sites for hydroxylation is 1. The third-order valence-electron chi connectivity index (χ3n) is 3.67. The van der Waals surface area contributed by atoms with Gasteiger partial charge in [0.1, 0.15) is 0 Å². The highest BCUT2D eigenvalue weighted by Crippen LogP contribution is 2.13. The van der Waals surface area contributed by atoms with Gasteiger partial charge in [-0.1, -0.05) is 18.2 Å². The van der Waals surface area contributed by atoms with Crippen molar-refractivity contribution in [3.8, 4) is 5.69 Å². The van der Waals surface area contributed by atoms with E-state index in [1.807, 2.05) is 30.3 Å². The number of nitrogens with zero attached hydrogens (tertiary/aromatic N) is 2. The first-order valence-electron chi connectivity index (χ1n) is 7.60. The second-order valence-electron chi connectivity index (χ2n) is 5.50. The molecule has 26 heavy (non-hydrogen) atoms. The Labute approximate surface area is 149 Å². The van der Waals surface area contributed by atoms with Gasteiger partial charge in [0.25, 0.3) is 15.7 Å². The lowest BCUT2D eigenvalue weighted by molar-refractivity contribution is 0.483. The summed E-state index contributed by atoms with van der Waals surface area (Å²) < 4.78 is 32.4. The van der Waals surface area contributed by atoms with Crippen LogP contribution in [0, 0.1) is 6.92 Å². The molecule has 0 unspecified atom stereocenters. The van der Waals surface area contributed by atoms with E-state index >= 15 is 0 Å². The fourth-order valence-corrected chi connectivity index (χ4v) is 2.82. The zero-order valence-electron chi connectivity index (χ0n) is 13.7. The number of hydrogen-bond donors (Lipinski definition) is 3. The minimum absolute atomic E-state index is 0.209. The van der Waals surface area contributed by atoms with Crippen molar-refractivity contribution in [1.29, 1.82) is 0 Å². The van der Waals surface area contributed by atoms with Crippen LogP contribution in [0.1, 0.15) is 11.3 Å². The van der Waals surface area contributed by atoms with E-state index in [9.17, 15) is 13.2 Å². The molecular formula is C17H16N4O4S. The van der Waals surface area contributed by atoms with Crippen molar-refractivity contribution in [3.05, 3.63) is 76.2 Å². The number of rotatable bonds is 5. The quantitative estimate of drug-likeness (QED) is 0.360. The first-order chi connectivity index (χ1) is 12.4. The SMILES string of the molecule is Cc1[nH]n(-c2ccccc2)c(=O)c1C=NNc1ccc(S(=O)(=O)O)cc1. The predicted molar refractivity (Wildman–Crippen MR) is 98.6 cm³/mol. The first-order valence-corrected chi connectivity index (χ1v) is 9.04. The summed E-state index contributed by atoms with van der Waals surface area (Å²) >= 11 is 0. The number of hydrogen-bond acceptors (Lipinski definition) is 5. The number of benzene rings is 2. The molecule has 2 aromatic carbocycles. The molecule has 3 N–H and O–H groups in total. The number of para-hydroxylation sites is 1. The Bertz CT molecular complexity index is 1100. The molecule has 9 heteroatoms. The van der Waals surface area contributed by atoms with Crippen LogP contribution in [0.25, 0.3) is 5.69 Å².